The molecule has 1 atom stereocenters. The standard InChI is InChI=1S/C10H13FO/c1-2-10(12)7-8-4-3-5-9(11)6-8/h3-6,10,12H,2,7H2,1H3/t10-/m1/s1. The summed E-state index contributed by atoms with van der Waals surface area (Å²) in [6, 6.07) is 6.34. The summed E-state index contributed by atoms with van der Waals surface area (Å²) >= 11 is 0. The highest BCUT2D eigenvalue weighted by Crippen LogP contribution is 2.07. The van der Waals surface area contributed by atoms with Crippen LogP contribution in [0.1, 0.15) is 18.9 Å². The fourth-order valence-corrected chi connectivity index (χ4v) is 1.08. The van der Waals surface area contributed by atoms with E-state index in [4.69, 9.17) is 0 Å². The Kier molecular flexibility index (Phi) is 3.23. The van der Waals surface area contributed by atoms with Gasteiger partial charge in [0, 0.05) is 0 Å². The van der Waals surface area contributed by atoms with E-state index in [1.165, 1.54) is 12.1 Å². The lowest BCUT2D eigenvalue weighted by Gasteiger charge is -2.06. The highest BCUT2D eigenvalue weighted by atomic mass is 19.1. The van der Waals surface area contributed by atoms with Crippen LogP contribution in [0.25, 0.3) is 0 Å². The van der Waals surface area contributed by atoms with Gasteiger partial charge in [-0.15, -0.1) is 0 Å². The zero-order valence-corrected chi connectivity index (χ0v) is 7.13. The van der Waals surface area contributed by atoms with Crippen molar-refractivity contribution in [3.05, 3.63) is 35.6 Å². The number of rotatable bonds is 3. The molecule has 12 heavy (non-hydrogen) atoms. The summed E-state index contributed by atoms with van der Waals surface area (Å²) in [5, 5.41) is 9.28. The monoisotopic (exact) mass is 168 g/mol. The molecule has 1 aromatic rings. The number of hydrogen-bond acceptors (Lipinski definition) is 1. The van der Waals surface area contributed by atoms with E-state index in [0.29, 0.717) is 12.8 Å². The van der Waals surface area contributed by atoms with Crippen LogP contribution in [-0.4, -0.2) is 11.2 Å². The van der Waals surface area contributed by atoms with Gasteiger partial charge in [-0.3, -0.25) is 0 Å². The van der Waals surface area contributed by atoms with E-state index >= 15 is 0 Å². The van der Waals surface area contributed by atoms with E-state index in [0.717, 1.165) is 5.56 Å². The number of aliphatic hydroxyl groups is 1. The maximum Gasteiger partial charge on any atom is 0.123 e. The Labute approximate surface area is 71.9 Å². The normalized spacial score (nSPS) is 12.9. The third-order valence-electron chi connectivity index (χ3n) is 1.83. The Morgan fingerprint density at radius 1 is 1.50 bits per heavy atom. The van der Waals surface area contributed by atoms with Crippen molar-refractivity contribution in [3.63, 3.8) is 0 Å². The predicted octanol–water partition coefficient (Wildman–Crippen LogP) is 2.14. The first kappa shape index (κ1) is 9.20. The zero-order chi connectivity index (χ0) is 8.97. The molecule has 0 aliphatic heterocycles. The second-order valence-electron chi connectivity index (χ2n) is 2.90. The molecule has 0 saturated heterocycles. The van der Waals surface area contributed by atoms with E-state index in [1.807, 2.05) is 13.0 Å². The molecule has 0 amide bonds. The predicted molar refractivity (Wildman–Crippen MR) is 46.4 cm³/mol. The third-order valence-corrected chi connectivity index (χ3v) is 1.83. The fourth-order valence-electron chi connectivity index (χ4n) is 1.08. The highest BCUT2D eigenvalue weighted by Gasteiger charge is 2.02. The minimum Gasteiger partial charge on any atom is -0.393 e. The zero-order valence-electron chi connectivity index (χ0n) is 7.13. The molecule has 2 heteroatoms. The first-order valence-corrected chi connectivity index (χ1v) is 4.15. The Morgan fingerprint density at radius 3 is 2.83 bits per heavy atom. The molecule has 0 unspecified atom stereocenters. The smallest absolute Gasteiger partial charge is 0.123 e. The molecule has 0 radical (unpaired) electrons. The molecular formula is C10H13FO. The summed E-state index contributed by atoms with van der Waals surface area (Å²) in [5.74, 6) is -0.240. The summed E-state index contributed by atoms with van der Waals surface area (Å²) in [7, 11) is 0. The van der Waals surface area contributed by atoms with Gasteiger partial charge in [0.05, 0.1) is 6.10 Å². The van der Waals surface area contributed by atoms with Crippen LogP contribution >= 0.6 is 0 Å². The van der Waals surface area contributed by atoms with Crippen molar-refractivity contribution in [1.82, 2.24) is 0 Å². The average molecular weight is 168 g/mol. The van der Waals surface area contributed by atoms with Gasteiger partial charge in [-0.05, 0) is 30.5 Å². The van der Waals surface area contributed by atoms with Crippen molar-refractivity contribution >= 4 is 0 Å². The van der Waals surface area contributed by atoms with Crippen LogP contribution in [0.2, 0.25) is 0 Å². The molecule has 1 nitrogen and oxygen atoms in total. The number of hydrogen-bond donors (Lipinski definition) is 1. The molecule has 0 saturated carbocycles. The summed E-state index contributed by atoms with van der Waals surface area (Å²) in [6.45, 7) is 1.91. The lowest BCUT2D eigenvalue weighted by atomic mass is 10.1. The van der Waals surface area contributed by atoms with Crippen LogP contribution in [0.15, 0.2) is 24.3 Å². The summed E-state index contributed by atoms with van der Waals surface area (Å²) in [6.07, 6.45) is 0.886. The molecule has 1 rings (SSSR count). The van der Waals surface area contributed by atoms with Crippen molar-refractivity contribution in [1.29, 1.82) is 0 Å². The Balaban J connectivity index is 2.63. The minimum absolute atomic E-state index is 0.240. The van der Waals surface area contributed by atoms with Gasteiger partial charge in [0.25, 0.3) is 0 Å². The van der Waals surface area contributed by atoms with Gasteiger partial charge < -0.3 is 5.11 Å². The van der Waals surface area contributed by atoms with Crippen LogP contribution < -0.4 is 0 Å². The van der Waals surface area contributed by atoms with Crippen molar-refractivity contribution in [2.45, 2.75) is 25.9 Å². The average Bonchev–Trinajstić information content (AvgIpc) is 2.04. The Morgan fingerprint density at radius 2 is 2.25 bits per heavy atom. The lowest BCUT2D eigenvalue weighted by Crippen LogP contribution is -2.08. The van der Waals surface area contributed by atoms with Gasteiger partial charge in [0.2, 0.25) is 0 Å². The molecule has 1 aromatic carbocycles. The summed E-state index contributed by atoms with van der Waals surface area (Å²) in [4.78, 5) is 0. The molecule has 0 aliphatic rings. The van der Waals surface area contributed by atoms with Gasteiger partial charge in [0.15, 0.2) is 0 Å². The van der Waals surface area contributed by atoms with Crippen LogP contribution in [0.5, 0.6) is 0 Å². The Bertz CT molecular complexity index is 247. The molecule has 0 bridgehead atoms. The molecule has 0 spiro atoms. The maximum atomic E-state index is 12.6. The van der Waals surface area contributed by atoms with Crippen molar-refractivity contribution in [2.75, 3.05) is 0 Å². The molecule has 0 heterocycles. The SMILES string of the molecule is CC[C@@H](O)Cc1cccc(F)c1. The van der Waals surface area contributed by atoms with Crippen LogP contribution in [0.3, 0.4) is 0 Å². The molecule has 0 fully saturated rings. The van der Waals surface area contributed by atoms with Crippen molar-refractivity contribution in [2.24, 2.45) is 0 Å². The summed E-state index contributed by atoms with van der Waals surface area (Å²) in [5.41, 5.74) is 0.851. The lowest BCUT2D eigenvalue weighted by molar-refractivity contribution is 0.170. The van der Waals surface area contributed by atoms with Crippen LogP contribution in [-0.2, 0) is 6.42 Å². The number of aliphatic hydroxyl groups excluding tert-OH is 1. The minimum atomic E-state index is -0.355. The number of benzene rings is 1. The van der Waals surface area contributed by atoms with Crippen LogP contribution in [0, 0.1) is 5.82 Å². The maximum absolute atomic E-state index is 12.6. The highest BCUT2D eigenvalue weighted by molar-refractivity contribution is 5.16. The van der Waals surface area contributed by atoms with Gasteiger partial charge in [-0.25, -0.2) is 4.39 Å². The van der Waals surface area contributed by atoms with Crippen molar-refractivity contribution < 1.29 is 9.50 Å². The van der Waals surface area contributed by atoms with E-state index in [1.54, 1.807) is 6.07 Å². The second-order valence-corrected chi connectivity index (χ2v) is 2.90. The van der Waals surface area contributed by atoms with E-state index in [9.17, 15) is 9.50 Å². The summed E-state index contributed by atoms with van der Waals surface area (Å²) < 4.78 is 12.6. The molecule has 0 aromatic heterocycles. The number of halogens is 1. The fraction of sp³-hybridized carbons (Fsp3) is 0.400. The first-order chi connectivity index (χ1) is 5.72. The molecule has 0 aliphatic carbocycles. The Hall–Kier alpha value is -0.890. The van der Waals surface area contributed by atoms with E-state index in [2.05, 4.69) is 0 Å². The third kappa shape index (κ3) is 2.62. The van der Waals surface area contributed by atoms with Gasteiger partial charge in [-0.1, -0.05) is 19.1 Å². The molecular weight excluding hydrogens is 155 g/mol. The largest absolute Gasteiger partial charge is 0.393 e. The van der Waals surface area contributed by atoms with Gasteiger partial charge in [-0.2, -0.15) is 0 Å². The van der Waals surface area contributed by atoms with E-state index < -0.39 is 0 Å². The second kappa shape index (κ2) is 4.21. The van der Waals surface area contributed by atoms with Crippen molar-refractivity contribution in [3.8, 4) is 0 Å². The molecule has 66 valence electrons. The van der Waals surface area contributed by atoms with Gasteiger partial charge >= 0.3 is 0 Å². The topological polar surface area (TPSA) is 20.2 Å². The quantitative estimate of drug-likeness (QED) is 0.733. The van der Waals surface area contributed by atoms with Crippen LogP contribution in [0.4, 0.5) is 4.39 Å². The van der Waals surface area contributed by atoms with Gasteiger partial charge in [0.1, 0.15) is 5.82 Å². The van der Waals surface area contributed by atoms with E-state index in [-0.39, 0.29) is 11.9 Å². The first-order valence-electron chi connectivity index (χ1n) is 4.15. The molecule has 1 N–H and O–H groups in total.